The van der Waals surface area contributed by atoms with Crippen LogP contribution in [0.25, 0.3) is 0 Å². The van der Waals surface area contributed by atoms with Gasteiger partial charge in [0, 0.05) is 12.8 Å². The molecule has 0 aliphatic carbocycles. The number of halogens is 1. The van der Waals surface area contributed by atoms with Crippen LogP contribution in [0.4, 0.5) is 5.69 Å². The van der Waals surface area contributed by atoms with Gasteiger partial charge in [0.05, 0.1) is 15.3 Å². The summed E-state index contributed by atoms with van der Waals surface area (Å²) in [6, 6.07) is 11.5. The Morgan fingerprint density at radius 1 is 1.32 bits per heavy atom. The maximum atomic E-state index is 12.1. The van der Waals surface area contributed by atoms with Crippen LogP contribution < -0.4 is 5.32 Å². The lowest BCUT2D eigenvalue weighted by atomic mass is 10.1. The van der Waals surface area contributed by atoms with E-state index in [1.165, 1.54) is 11.3 Å². The van der Waals surface area contributed by atoms with Crippen LogP contribution >= 0.6 is 27.3 Å². The van der Waals surface area contributed by atoms with Crippen LogP contribution in [0.3, 0.4) is 0 Å². The molecule has 0 spiro atoms. The number of carbonyl (C=O) groups excluding carboxylic acids is 1. The molecule has 0 unspecified atom stereocenters. The van der Waals surface area contributed by atoms with Crippen molar-refractivity contribution in [3.8, 4) is 0 Å². The van der Waals surface area contributed by atoms with Crippen molar-refractivity contribution in [3.63, 3.8) is 0 Å². The van der Waals surface area contributed by atoms with Gasteiger partial charge in [0.2, 0.25) is 0 Å². The number of methoxy groups -OCH3 is 1. The number of carbonyl (C=O) groups is 1. The largest absolute Gasteiger partial charge is 0.384 e. The molecule has 0 atom stereocenters. The second-order valence-electron chi connectivity index (χ2n) is 3.96. The Kier molecular flexibility index (Phi) is 5.13. The molecule has 1 amide bonds. The van der Waals surface area contributed by atoms with Gasteiger partial charge in [-0.1, -0.05) is 18.2 Å². The first-order valence-corrected chi connectivity index (χ1v) is 7.45. The number of benzene rings is 1. The van der Waals surface area contributed by atoms with Crippen molar-refractivity contribution in [2.45, 2.75) is 6.42 Å². The van der Waals surface area contributed by atoms with Crippen molar-refractivity contribution in [3.05, 3.63) is 50.6 Å². The zero-order valence-electron chi connectivity index (χ0n) is 10.5. The summed E-state index contributed by atoms with van der Waals surface area (Å²) in [5.41, 5.74) is 1.92. The second-order valence-corrected chi connectivity index (χ2v) is 6.42. The number of nitrogens with one attached hydrogen (secondary N) is 1. The Balaban J connectivity index is 2.12. The third kappa shape index (κ3) is 3.89. The quantitative estimate of drug-likeness (QED) is 0.895. The van der Waals surface area contributed by atoms with Crippen molar-refractivity contribution < 1.29 is 9.53 Å². The molecule has 100 valence electrons. The van der Waals surface area contributed by atoms with E-state index in [4.69, 9.17) is 4.74 Å². The molecule has 1 aromatic heterocycles. The predicted molar refractivity (Wildman–Crippen MR) is 82.0 cm³/mol. The minimum atomic E-state index is -0.0828. The highest BCUT2D eigenvalue weighted by Gasteiger charge is 2.10. The number of ether oxygens (including phenoxy) is 1. The molecule has 0 saturated heterocycles. The van der Waals surface area contributed by atoms with E-state index in [1.54, 1.807) is 7.11 Å². The summed E-state index contributed by atoms with van der Waals surface area (Å²) in [5.74, 6) is -0.0828. The molecular weight excluding hydrogens is 326 g/mol. The topological polar surface area (TPSA) is 38.3 Å². The number of hydrogen-bond acceptors (Lipinski definition) is 3. The van der Waals surface area contributed by atoms with Crippen LogP contribution in [0.5, 0.6) is 0 Å². The standard InChI is InChI=1S/C14H14BrNO2S/c1-18-9-8-10-4-2-3-5-11(10)16-14(17)12-6-7-13(15)19-12/h2-7H,8-9H2,1H3,(H,16,17). The fraction of sp³-hybridized carbons (Fsp3) is 0.214. The van der Waals surface area contributed by atoms with Gasteiger partial charge in [0.25, 0.3) is 5.91 Å². The van der Waals surface area contributed by atoms with Crippen LogP contribution in [0, 0.1) is 0 Å². The van der Waals surface area contributed by atoms with E-state index in [1.807, 2.05) is 36.4 Å². The number of hydrogen-bond donors (Lipinski definition) is 1. The van der Waals surface area contributed by atoms with Gasteiger partial charge < -0.3 is 10.1 Å². The lowest BCUT2D eigenvalue weighted by molar-refractivity contribution is 0.103. The molecule has 0 saturated carbocycles. The van der Waals surface area contributed by atoms with E-state index in [2.05, 4.69) is 21.2 Å². The molecule has 2 aromatic rings. The first-order valence-electron chi connectivity index (χ1n) is 5.84. The molecule has 1 heterocycles. The number of para-hydroxylation sites is 1. The first-order chi connectivity index (χ1) is 9.20. The van der Waals surface area contributed by atoms with Gasteiger partial charge in [-0.2, -0.15) is 0 Å². The summed E-state index contributed by atoms with van der Waals surface area (Å²) in [6.45, 7) is 0.636. The zero-order chi connectivity index (χ0) is 13.7. The van der Waals surface area contributed by atoms with E-state index < -0.39 is 0 Å². The Morgan fingerprint density at radius 3 is 2.79 bits per heavy atom. The van der Waals surface area contributed by atoms with E-state index in [0.717, 1.165) is 21.5 Å². The molecule has 0 aliphatic rings. The van der Waals surface area contributed by atoms with Gasteiger partial charge >= 0.3 is 0 Å². The molecule has 19 heavy (non-hydrogen) atoms. The van der Waals surface area contributed by atoms with Crippen LogP contribution in [0.2, 0.25) is 0 Å². The van der Waals surface area contributed by atoms with Crippen LogP contribution in [0.1, 0.15) is 15.2 Å². The van der Waals surface area contributed by atoms with E-state index in [9.17, 15) is 4.79 Å². The van der Waals surface area contributed by atoms with Gasteiger partial charge in [-0.25, -0.2) is 0 Å². The zero-order valence-corrected chi connectivity index (χ0v) is 12.9. The Morgan fingerprint density at radius 2 is 2.11 bits per heavy atom. The molecule has 0 bridgehead atoms. The highest BCUT2D eigenvalue weighted by Crippen LogP contribution is 2.24. The molecule has 1 N–H and O–H groups in total. The lowest BCUT2D eigenvalue weighted by Crippen LogP contribution is -2.12. The van der Waals surface area contributed by atoms with Crippen LogP contribution in [-0.2, 0) is 11.2 Å². The Labute approximate surface area is 124 Å². The first kappa shape index (κ1) is 14.2. The van der Waals surface area contributed by atoms with E-state index in [0.29, 0.717) is 11.5 Å². The van der Waals surface area contributed by atoms with Gasteiger partial charge in [-0.05, 0) is 46.1 Å². The van der Waals surface area contributed by atoms with Crippen molar-refractivity contribution in [2.24, 2.45) is 0 Å². The summed E-state index contributed by atoms with van der Waals surface area (Å²) >= 11 is 4.78. The molecule has 5 heteroatoms. The summed E-state index contributed by atoms with van der Waals surface area (Å²) < 4.78 is 6.03. The highest BCUT2D eigenvalue weighted by molar-refractivity contribution is 9.11. The molecule has 2 rings (SSSR count). The van der Waals surface area contributed by atoms with Crippen molar-refractivity contribution in [1.29, 1.82) is 0 Å². The maximum absolute atomic E-state index is 12.1. The molecular formula is C14H14BrNO2S. The molecule has 1 aromatic carbocycles. The van der Waals surface area contributed by atoms with Crippen LogP contribution in [-0.4, -0.2) is 19.6 Å². The Bertz CT molecular complexity index is 568. The van der Waals surface area contributed by atoms with E-state index >= 15 is 0 Å². The van der Waals surface area contributed by atoms with Gasteiger partial charge in [-0.15, -0.1) is 11.3 Å². The third-order valence-electron chi connectivity index (χ3n) is 2.64. The fourth-order valence-electron chi connectivity index (χ4n) is 1.69. The smallest absolute Gasteiger partial charge is 0.265 e. The number of anilines is 1. The highest BCUT2D eigenvalue weighted by atomic mass is 79.9. The molecule has 0 fully saturated rings. The normalized spacial score (nSPS) is 10.4. The summed E-state index contributed by atoms with van der Waals surface area (Å²) in [7, 11) is 1.67. The minimum Gasteiger partial charge on any atom is -0.384 e. The molecule has 0 radical (unpaired) electrons. The molecule has 0 aliphatic heterocycles. The summed E-state index contributed by atoms with van der Waals surface area (Å²) in [5, 5.41) is 2.94. The van der Waals surface area contributed by atoms with E-state index in [-0.39, 0.29) is 5.91 Å². The summed E-state index contributed by atoms with van der Waals surface area (Å²) in [4.78, 5) is 12.8. The monoisotopic (exact) mass is 339 g/mol. The number of thiophene rings is 1. The third-order valence-corrected chi connectivity index (χ3v) is 4.26. The lowest BCUT2D eigenvalue weighted by Gasteiger charge is -2.10. The average molecular weight is 340 g/mol. The van der Waals surface area contributed by atoms with Crippen molar-refractivity contribution in [1.82, 2.24) is 0 Å². The molecule has 3 nitrogen and oxygen atoms in total. The van der Waals surface area contributed by atoms with Gasteiger partial charge in [0.1, 0.15) is 0 Å². The Hall–Kier alpha value is -1.17. The van der Waals surface area contributed by atoms with Crippen molar-refractivity contribution >= 4 is 38.9 Å². The van der Waals surface area contributed by atoms with Crippen molar-refractivity contribution in [2.75, 3.05) is 19.0 Å². The SMILES string of the molecule is COCCc1ccccc1NC(=O)c1ccc(Br)s1. The maximum Gasteiger partial charge on any atom is 0.265 e. The van der Waals surface area contributed by atoms with Gasteiger partial charge in [-0.3, -0.25) is 4.79 Å². The van der Waals surface area contributed by atoms with Gasteiger partial charge in [0.15, 0.2) is 0 Å². The minimum absolute atomic E-state index is 0.0828. The predicted octanol–water partition coefficient (Wildman–Crippen LogP) is 3.95. The number of rotatable bonds is 5. The summed E-state index contributed by atoms with van der Waals surface area (Å²) in [6.07, 6.45) is 0.779. The average Bonchev–Trinajstić information content (AvgIpc) is 2.84. The second kappa shape index (κ2) is 6.84. The number of amides is 1. The van der Waals surface area contributed by atoms with Crippen LogP contribution in [0.15, 0.2) is 40.2 Å². The fourth-order valence-corrected chi connectivity index (χ4v) is 2.97.